The number of nitrogens with one attached hydrogen (secondary N) is 1. The van der Waals surface area contributed by atoms with Crippen molar-refractivity contribution in [2.45, 2.75) is 51.1 Å². The maximum absolute atomic E-state index is 14.3. The van der Waals surface area contributed by atoms with Crippen LogP contribution in [0.5, 0.6) is 0 Å². The Kier molecular flexibility index (Phi) is 8.27. The molecule has 3 aromatic rings. The van der Waals surface area contributed by atoms with Gasteiger partial charge in [-0.05, 0) is 105 Å². The van der Waals surface area contributed by atoms with Crippen LogP contribution in [0.2, 0.25) is 10.0 Å². The third-order valence-corrected chi connectivity index (χ3v) is 10.1. The predicted octanol–water partition coefficient (Wildman–Crippen LogP) is 7.21. The third-order valence-electron chi connectivity index (χ3n) is 9.44. The minimum Gasteiger partial charge on any atom is -0.345 e. The highest BCUT2D eigenvalue weighted by atomic mass is 35.5. The van der Waals surface area contributed by atoms with E-state index < -0.39 is 11.7 Å². The van der Waals surface area contributed by atoms with Gasteiger partial charge < -0.3 is 10.2 Å². The topological polar surface area (TPSA) is 52.7 Å². The number of fused-ring (bicyclic) bond motifs is 1. The van der Waals surface area contributed by atoms with Crippen LogP contribution in [0.25, 0.3) is 0 Å². The number of hydrogen-bond acceptors (Lipinski definition) is 3. The van der Waals surface area contributed by atoms with Gasteiger partial charge in [0.1, 0.15) is 11.6 Å². The van der Waals surface area contributed by atoms with Gasteiger partial charge in [-0.3, -0.25) is 14.5 Å². The Morgan fingerprint density at radius 1 is 0.881 bits per heavy atom. The number of halogens is 4. The van der Waals surface area contributed by atoms with Crippen LogP contribution in [0.4, 0.5) is 8.78 Å². The number of hydrogen-bond donors (Lipinski definition) is 1. The van der Waals surface area contributed by atoms with Gasteiger partial charge in [-0.25, -0.2) is 8.78 Å². The zero-order valence-corrected chi connectivity index (χ0v) is 24.8. The molecule has 2 saturated heterocycles. The normalized spacial score (nSPS) is 20.0. The van der Waals surface area contributed by atoms with Crippen molar-refractivity contribution < 1.29 is 18.4 Å². The molecule has 5 nitrogen and oxygen atoms in total. The number of nitrogens with zero attached hydrogens (tertiary/aromatic N) is 2. The number of likely N-dealkylation sites (tertiary alicyclic amines) is 2. The predicted molar refractivity (Wildman–Crippen MR) is 160 cm³/mol. The molecule has 0 radical (unpaired) electrons. The SMILES string of the molecule is O=C(NC1CCc2ccc(C(=O)N3CCC4(CCN(Cc5c(F)cccc5Cl)CC4)CC3)cc21)c1c(F)cccc1Cl. The van der Waals surface area contributed by atoms with E-state index >= 15 is 0 Å². The number of aryl methyl sites for hydroxylation is 1. The lowest BCUT2D eigenvalue weighted by atomic mass is 9.71. The minimum atomic E-state index is -0.662. The summed E-state index contributed by atoms with van der Waals surface area (Å²) in [5, 5.41) is 3.46. The largest absolute Gasteiger partial charge is 0.345 e. The second-order valence-corrected chi connectivity index (χ2v) is 12.7. The second-order valence-electron chi connectivity index (χ2n) is 11.8. The van der Waals surface area contributed by atoms with Crippen molar-refractivity contribution in [1.82, 2.24) is 15.1 Å². The molecule has 2 amide bonds. The van der Waals surface area contributed by atoms with Crippen LogP contribution in [0.3, 0.4) is 0 Å². The molecule has 220 valence electrons. The Morgan fingerprint density at radius 3 is 2.24 bits per heavy atom. The summed E-state index contributed by atoms with van der Waals surface area (Å²) in [5.74, 6) is -1.49. The molecule has 2 aliphatic heterocycles. The van der Waals surface area contributed by atoms with Crippen LogP contribution >= 0.6 is 23.2 Å². The van der Waals surface area contributed by atoms with Crippen molar-refractivity contribution in [3.63, 3.8) is 0 Å². The first-order valence-electron chi connectivity index (χ1n) is 14.6. The molecular weight excluding hydrogens is 579 g/mol. The Labute approximate surface area is 254 Å². The summed E-state index contributed by atoms with van der Waals surface area (Å²) in [6.07, 6.45) is 5.38. The molecule has 9 heteroatoms. The van der Waals surface area contributed by atoms with E-state index in [-0.39, 0.29) is 33.8 Å². The molecule has 3 aliphatic rings. The van der Waals surface area contributed by atoms with Crippen molar-refractivity contribution >= 4 is 35.0 Å². The highest BCUT2D eigenvalue weighted by molar-refractivity contribution is 6.33. The molecule has 1 atom stereocenters. The van der Waals surface area contributed by atoms with Crippen LogP contribution in [-0.2, 0) is 13.0 Å². The molecule has 1 aliphatic carbocycles. The summed E-state index contributed by atoms with van der Waals surface area (Å²) in [6.45, 7) is 3.67. The standard InChI is InChI=1S/C33H33Cl2F2N3O2/c34-25-3-1-5-27(36)24(25)20-39-15-11-33(12-16-39)13-17-40(18-14-33)32(42)22-8-7-21-9-10-29(23(21)19-22)38-31(41)30-26(35)4-2-6-28(30)37/h1-8,19,29H,9-18,20H2,(H,38,41). The van der Waals surface area contributed by atoms with Gasteiger partial charge >= 0.3 is 0 Å². The average Bonchev–Trinajstić information content (AvgIpc) is 3.38. The lowest BCUT2D eigenvalue weighted by Crippen LogP contribution is -2.48. The molecule has 1 unspecified atom stereocenters. The molecule has 1 N–H and O–H groups in total. The van der Waals surface area contributed by atoms with Crippen LogP contribution in [0.1, 0.15) is 75.6 Å². The molecule has 0 bridgehead atoms. The van der Waals surface area contributed by atoms with Crippen molar-refractivity contribution in [3.8, 4) is 0 Å². The number of rotatable bonds is 5. The lowest BCUT2D eigenvalue weighted by Gasteiger charge is -2.47. The molecule has 6 rings (SSSR count). The highest BCUT2D eigenvalue weighted by Gasteiger charge is 2.39. The highest BCUT2D eigenvalue weighted by Crippen LogP contribution is 2.42. The van der Waals surface area contributed by atoms with Gasteiger partial charge in [0.2, 0.25) is 0 Å². The minimum absolute atomic E-state index is 0.00611. The monoisotopic (exact) mass is 611 g/mol. The molecule has 3 aromatic carbocycles. The van der Waals surface area contributed by atoms with E-state index in [4.69, 9.17) is 23.2 Å². The zero-order chi connectivity index (χ0) is 29.4. The van der Waals surface area contributed by atoms with Crippen LogP contribution < -0.4 is 5.32 Å². The summed E-state index contributed by atoms with van der Waals surface area (Å²) in [7, 11) is 0. The molecule has 1 spiro atoms. The van der Waals surface area contributed by atoms with Gasteiger partial charge in [0.25, 0.3) is 11.8 Å². The number of piperidine rings is 2. The number of carbonyl (C=O) groups is 2. The lowest BCUT2D eigenvalue weighted by molar-refractivity contribution is 0.0283. The average molecular weight is 613 g/mol. The van der Waals surface area contributed by atoms with Gasteiger partial charge in [-0.1, -0.05) is 41.4 Å². The van der Waals surface area contributed by atoms with Gasteiger partial charge in [0.15, 0.2) is 0 Å². The van der Waals surface area contributed by atoms with E-state index in [2.05, 4.69) is 10.2 Å². The van der Waals surface area contributed by atoms with Gasteiger partial charge in [0.05, 0.1) is 16.6 Å². The third kappa shape index (κ3) is 5.79. The summed E-state index contributed by atoms with van der Waals surface area (Å²) in [5.41, 5.74) is 3.18. The second kappa shape index (κ2) is 11.9. The van der Waals surface area contributed by atoms with E-state index in [1.165, 1.54) is 24.3 Å². The first kappa shape index (κ1) is 29.1. The Balaban J connectivity index is 1.06. The van der Waals surface area contributed by atoms with E-state index in [9.17, 15) is 18.4 Å². The summed E-state index contributed by atoms with van der Waals surface area (Å²) < 4.78 is 28.6. The summed E-state index contributed by atoms with van der Waals surface area (Å²) in [6, 6.07) is 14.4. The fourth-order valence-electron chi connectivity index (χ4n) is 6.79. The maximum Gasteiger partial charge on any atom is 0.256 e. The quantitative estimate of drug-likeness (QED) is 0.332. The van der Waals surface area contributed by atoms with Crippen molar-refractivity contribution in [2.75, 3.05) is 26.2 Å². The maximum atomic E-state index is 14.3. The van der Waals surface area contributed by atoms with Crippen LogP contribution in [-0.4, -0.2) is 47.8 Å². The van der Waals surface area contributed by atoms with E-state index in [1.54, 1.807) is 12.1 Å². The molecule has 2 heterocycles. The Morgan fingerprint density at radius 2 is 1.55 bits per heavy atom. The zero-order valence-electron chi connectivity index (χ0n) is 23.3. The number of carbonyl (C=O) groups excluding carboxylic acids is 2. The molecule has 2 fully saturated rings. The summed E-state index contributed by atoms with van der Waals surface area (Å²) >= 11 is 12.3. The van der Waals surface area contributed by atoms with Crippen molar-refractivity contribution in [1.29, 1.82) is 0 Å². The summed E-state index contributed by atoms with van der Waals surface area (Å²) in [4.78, 5) is 30.6. The van der Waals surface area contributed by atoms with Gasteiger partial charge in [-0.15, -0.1) is 0 Å². The first-order valence-corrected chi connectivity index (χ1v) is 15.3. The van der Waals surface area contributed by atoms with Crippen molar-refractivity contribution in [3.05, 3.63) is 104 Å². The van der Waals surface area contributed by atoms with E-state index in [0.29, 0.717) is 42.2 Å². The Bertz CT molecular complexity index is 1470. The fraction of sp³-hybridized carbons (Fsp3) is 0.394. The number of benzene rings is 3. The van der Waals surface area contributed by atoms with Gasteiger partial charge in [-0.2, -0.15) is 0 Å². The number of amides is 2. The van der Waals surface area contributed by atoms with E-state index in [1.807, 2.05) is 23.1 Å². The molecule has 0 aromatic heterocycles. The Hall–Kier alpha value is -3.00. The van der Waals surface area contributed by atoms with Crippen LogP contribution in [0, 0.1) is 17.0 Å². The van der Waals surface area contributed by atoms with Crippen LogP contribution in [0.15, 0.2) is 54.6 Å². The van der Waals surface area contributed by atoms with E-state index in [0.717, 1.165) is 56.3 Å². The smallest absolute Gasteiger partial charge is 0.256 e. The van der Waals surface area contributed by atoms with Crippen molar-refractivity contribution in [2.24, 2.45) is 5.41 Å². The molecule has 42 heavy (non-hydrogen) atoms. The van der Waals surface area contributed by atoms with Gasteiger partial charge in [0, 0.05) is 35.8 Å². The first-order chi connectivity index (χ1) is 20.2. The fourth-order valence-corrected chi connectivity index (χ4v) is 7.26. The molecular formula is C33H33Cl2F2N3O2. The molecule has 0 saturated carbocycles.